The minimum absolute atomic E-state index is 0.145. The number of alkyl halides is 3. The fourth-order valence-electron chi connectivity index (χ4n) is 1.22. The molecule has 0 fully saturated rings. The lowest BCUT2D eigenvalue weighted by Crippen LogP contribution is -2.40. The zero-order valence-electron chi connectivity index (χ0n) is 9.76. The summed E-state index contributed by atoms with van der Waals surface area (Å²) in [7, 11) is 0. The van der Waals surface area contributed by atoms with E-state index >= 15 is 0 Å². The van der Waals surface area contributed by atoms with Crippen LogP contribution in [0.3, 0.4) is 0 Å². The summed E-state index contributed by atoms with van der Waals surface area (Å²) in [5.41, 5.74) is 5.32. The van der Waals surface area contributed by atoms with Crippen molar-refractivity contribution in [3.63, 3.8) is 0 Å². The maximum Gasteiger partial charge on any atom is 0.416 e. The SMILES string of the molecule is CC(CCN)CCC(=O)NCC(O)C(F)(F)F. The molecule has 0 heterocycles. The highest BCUT2D eigenvalue weighted by atomic mass is 19.4. The van der Waals surface area contributed by atoms with Gasteiger partial charge in [0.25, 0.3) is 0 Å². The lowest BCUT2D eigenvalue weighted by molar-refractivity contribution is -0.201. The lowest BCUT2D eigenvalue weighted by atomic mass is 10.0. The van der Waals surface area contributed by atoms with Crippen molar-refractivity contribution in [3.8, 4) is 0 Å². The van der Waals surface area contributed by atoms with Crippen LogP contribution in [0.1, 0.15) is 26.2 Å². The third-order valence-corrected chi connectivity index (χ3v) is 2.39. The molecule has 0 saturated carbocycles. The van der Waals surface area contributed by atoms with E-state index in [-0.39, 0.29) is 12.3 Å². The van der Waals surface area contributed by atoms with Gasteiger partial charge in [-0.1, -0.05) is 6.92 Å². The van der Waals surface area contributed by atoms with Gasteiger partial charge in [-0.25, -0.2) is 0 Å². The second-order valence-corrected chi connectivity index (χ2v) is 4.08. The van der Waals surface area contributed by atoms with Gasteiger partial charge in [-0.05, 0) is 25.3 Å². The van der Waals surface area contributed by atoms with Crippen LogP contribution in [0, 0.1) is 5.92 Å². The van der Waals surface area contributed by atoms with Gasteiger partial charge in [0.15, 0.2) is 6.10 Å². The van der Waals surface area contributed by atoms with Crippen LogP contribution in [0.25, 0.3) is 0 Å². The van der Waals surface area contributed by atoms with Crippen molar-refractivity contribution in [1.82, 2.24) is 5.32 Å². The van der Waals surface area contributed by atoms with E-state index in [1.54, 1.807) is 0 Å². The van der Waals surface area contributed by atoms with Crippen molar-refractivity contribution in [2.75, 3.05) is 13.1 Å². The molecule has 0 saturated heterocycles. The first-order chi connectivity index (χ1) is 7.77. The number of nitrogens with two attached hydrogens (primary N) is 1. The van der Waals surface area contributed by atoms with Crippen LogP contribution in [-0.4, -0.2) is 36.4 Å². The number of hydrogen-bond acceptors (Lipinski definition) is 3. The zero-order valence-corrected chi connectivity index (χ0v) is 9.76. The predicted molar refractivity (Wildman–Crippen MR) is 57.1 cm³/mol. The Morgan fingerprint density at radius 1 is 1.41 bits per heavy atom. The summed E-state index contributed by atoms with van der Waals surface area (Å²) in [6.45, 7) is 1.65. The summed E-state index contributed by atoms with van der Waals surface area (Å²) in [5.74, 6) is -0.226. The molecule has 0 spiro atoms. The van der Waals surface area contributed by atoms with Gasteiger partial charge in [0, 0.05) is 6.42 Å². The van der Waals surface area contributed by atoms with E-state index in [2.05, 4.69) is 0 Å². The molecule has 0 aliphatic carbocycles. The number of carbonyl (C=O) groups is 1. The van der Waals surface area contributed by atoms with Gasteiger partial charge in [0.05, 0.1) is 6.54 Å². The molecule has 2 atom stereocenters. The highest BCUT2D eigenvalue weighted by Gasteiger charge is 2.38. The maximum atomic E-state index is 11.9. The van der Waals surface area contributed by atoms with Crippen LogP contribution in [0.15, 0.2) is 0 Å². The molecular weight excluding hydrogens is 237 g/mol. The van der Waals surface area contributed by atoms with E-state index in [1.807, 2.05) is 12.2 Å². The van der Waals surface area contributed by atoms with Gasteiger partial charge < -0.3 is 16.2 Å². The fraction of sp³-hybridized carbons (Fsp3) is 0.900. The van der Waals surface area contributed by atoms with Gasteiger partial charge in [-0.15, -0.1) is 0 Å². The van der Waals surface area contributed by atoms with Crippen molar-refractivity contribution in [2.45, 2.75) is 38.5 Å². The smallest absolute Gasteiger partial charge is 0.382 e. The van der Waals surface area contributed by atoms with E-state index in [4.69, 9.17) is 10.8 Å². The second kappa shape index (κ2) is 7.50. The predicted octanol–water partition coefficient (Wildman–Crippen LogP) is 0.791. The zero-order chi connectivity index (χ0) is 13.5. The third kappa shape index (κ3) is 7.98. The molecule has 0 aliphatic rings. The molecule has 0 aromatic rings. The van der Waals surface area contributed by atoms with Crippen molar-refractivity contribution < 1.29 is 23.1 Å². The number of rotatable bonds is 7. The Labute approximate surface area is 98.4 Å². The molecule has 0 aromatic heterocycles. The molecule has 7 heteroatoms. The number of nitrogens with one attached hydrogen (secondary N) is 1. The molecule has 0 aromatic carbocycles. The van der Waals surface area contributed by atoms with Gasteiger partial charge in [0.2, 0.25) is 5.91 Å². The van der Waals surface area contributed by atoms with Crippen LogP contribution in [-0.2, 0) is 4.79 Å². The number of aliphatic hydroxyl groups is 1. The highest BCUT2D eigenvalue weighted by Crippen LogP contribution is 2.19. The van der Waals surface area contributed by atoms with Crippen molar-refractivity contribution in [3.05, 3.63) is 0 Å². The van der Waals surface area contributed by atoms with Gasteiger partial charge in [0.1, 0.15) is 0 Å². The van der Waals surface area contributed by atoms with Crippen LogP contribution < -0.4 is 11.1 Å². The summed E-state index contributed by atoms with van der Waals surface area (Å²) < 4.78 is 35.7. The molecular formula is C10H19F3N2O2. The molecule has 0 aliphatic heterocycles. The van der Waals surface area contributed by atoms with E-state index in [0.29, 0.717) is 13.0 Å². The summed E-state index contributed by atoms with van der Waals surface area (Å²) in [6, 6.07) is 0. The summed E-state index contributed by atoms with van der Waals surface area (Å²) in [5, 5.41) is 10.7. The standard InChI is InChI=1S/C10H19F3N2O2/c1-7(4-5-14)2-3-9(17)15-6-8(16)10(11,12)13/h7-8,16H,2-6,14H2,1H3,(H,15,17). The Kier molecular flexibility index (Phi) is 7.13. The Bertz CT molecular complexity index is 234. The number of carbonyl (C=O) groups excluding carboxylic acids is 1. The van der Waals surface area contributed by atoms with Crippen molar-refractivity contribution in [1.29, 1.82) is 0 Å². The molecule has 0 radical (unpaired) electrons. The average Bonchev–Trinajstić information content (AvgIpc) is 2.22. The third-order valence-electron chi connectivity index (χ3n) is 2.39. The number of halogens is 3. The molecule has 0 bridgehead atoms. The number of aliphatic hydroxyl groups excluding tert-OH is 1. The highest BCUT2D eigenvalue weighted by molar-refractivity contribution is 5.75. The molecule has 102 valence electrons. The van der Waals surface area contributed by atoms with Crippen molar-refractivity contribution in [2.24, 2.45) is 11.7 Å². The largest absolute Gasteiger partial charge is 0.416 e. The average molecular weight is 256 g/mol. The lowest BCUT2D eigenvalue weighted by Gasteiger charge is -2.15. The minimum Gasteiger partial charge on any atom is -0.382 e. The van der Waals surface area contributed by atoms with Crippen LogP contribution in [0.5, 0.6) is 0 Å². The number of amides is 1. The summed E-state index contributed by atoms with van der Waals surface area (Å²) in [6.07, 6.45) is -5.71. The monoisotopic (exact) mass is 256 g/mol. The van der Waals surface area contributed by atoms with Crippen molar-refractivity contribution >= 4 is 5.91 Å². The topological polar surface area (TPSA) is 75.4 Å². The van der Waals surface area contributed by atoms with Crippen LogP contribution in [0.2, 0.25) is 0 Å². The quantitative estimate of drug-likeness (QED) is 0.630. The maximum absolute atomic E-state index is 11.9. The first-order valence-electron chi connectivity index (χ1n) is 5.49. The number of hydrogen-bond donors (Lipinski definition) is 3. The molecule has 1 amide bonds. The van der Waals surface area contributed by atoms with E-state index in [0.717, 1.165) is 6.42 Å². The van der Waals surface area contributed by atoms with Crippen LogP contribution >= 0.6 is 0 Å². The molecule has 2 unspecified atom stereocenters. The van der Waals surface area contributed by atoms with Gasteiger partial charge in [-0.3, -0.25) is 4.79 Å². The Hall–Kier alpha value is -0.820. The Morgan fingerprint density at radius 3 is 2.47 bits per heavy atom. The molecule has 4 N–H and O–H groups in total. The van der Waals surface area contributed by atoms with Crippen LogP contribution in [0.4, 0.5) is 13.2 Å². The van der Waals surface area contributed by atoms with E-state index in [9.17, 15) is 18.0 Å². The van der Waals surface area contributed by atoms with E-state index < -0.39 is 24.7 Å². The Balaban J connectivity index is 3.74. The van der Waals surface area contributed by atoms with Gasteiger partial charge >= 0.3 is 6.18 Å². The molecule has 0 rings (SSSR count). The molecule has 4 nitrogen and oxygen atoms in total. The summed E-state index contributed by atoms with van der Waals surface area (Å²) >= 11 is 0. The minimum atomic E-state index is -4.69. The fourth-order valence-corrected chi connectivity index (χ4v) is 1.22. The Morgan fingerprint density at radius 2 is 2.00 bits per heavy atom. The van der Waals surface area contributed by atoms with E-state index in [1.165, 1.54) is 0 Å². The first kappa shape index (κ1) is 16.2. The first-order valence-corrected chi connectivity index (χ1v) is 5.49. The summed E-state index contributed by atoms with van der Waals surface area (Å²) in [4.78, 5) is 11.2. The molecule has 17 heavy (non-hydrogen) atoms. The van der Waals surface area contributed by atoms with Gasteiger partial charge in [-0.2, -0.15) is 13.2 Å². The second-order valence-electron chi connectivity index (χ2n) is 4.08. The normalized spacial score (nSPS) is 15.4.